The van der Waals surface area contributed by atoms with Crippen molar-refractivity contribution in [1.82, 2.24) is 10.2 Å². The molecule has 1 saturated heterocycles. The molecule has 2 aromatic rings. The molecule has 1 aliphatic heterocycles. The molecule has 0 saturated carbocycles. The molecule has 1 heterocycles. The molecule has 27 heavy (non-hydrogen) atoms. The van der Waals surface area contributed by atoms with Gasteiger partial charge in [0.25, 0.3) is 0 Å². The minimum Gasteiger partial charge on any atom is -0.343 e. The van der Waals surface area contributed by atoms with Crippen LogP contribution in [-0.4, -0.2) is 37.0 Å². The predicted molar refractivity (Wildman–Crippen MR) is 114 cm³/mol. The van der Waals surface area contributed by atoms with Gasteiger partial charge in [0.15, 0.2) is 0 Å². The van der Waals surface area contributed by atoms with Gasteiger partial charge in [0.2, 0.25) is 5.91 Å². The molecule has 3 nitrogen and oxygen atoms in total. The standard InChI is InChI=1S/C23H28N2O.ClH/c1-24-20-11-13-25(14-12-20)23(26)8-4-5-17-9-10-19-16-18-6-2-3-7-21(18)22(19)15-17;/h2-3,6-7,9-10,15,20,24H,4-5,8,11-14,16H2,1H3;1H. The van der Waals surface area contributed by atoms with E-state index in [-0.39, 0.29) is 12.4 Å². The number of carbonyl (C=O) groups is 1. The van der Waals surface area contributed by atoms with Gasteiger partial charge in [-0.1, -0.05) is 42.5 Å². The topological polar surface area (TPSA) is 32.3 Å². The SMILES string of the molecule is CNC1CCN(C(=O)CCCc2ccc3c(c2)-c2ccccc2C3)CC1.Cl. The maximum atomic E-state index is 12.4. The number of piperidine rings is 1. The van der Waals surface area contributed by atoms with Crippen molar-refractivity contribution in [3.8, 4) is 11.1 Å². The highest BCUT2D eigenvalue weighted by molar-refractivity contribution is 5.85. The maximum Gasteiger partial charge on any atom is 0.222 e. The number of rotatable bonds is 5. The smallest absolute Gasteiger partial charge is 0.222 e. The number of hydrogen-bond donors (Lipinski definition) is 1. The molecule has 1 N–H and O–H groups in total. The first-order valence-corrected chi connectivity index (χ1v) is 9.89. The molecule has 0 atom stereocenters. The van der Waals surface area contributed by atoms with Crippen molar-refractivity contribution < 1.29 is 4.79 Å². The monoisotopic (exact) mass is 384 g/mol. The van der Waals surface area contributed by atoms with Gasteiger partial charge in [-0.2, -0.15) is 0 Å². The Morgan fingerprint density at radius 1 is 1.07 bits per heavy atom. The molecule has 144 valence electrons. The lowest BCUT2D eigenvalue weighted by molar-refractivity contribution is -0.132. The fourth-order valence-electron chi connectivity index (χ4n) is 4.35. The Morgan fingerprint density at radius 2 is 1.81 bits per heavy atom. The second-order valence-electron chi connectivity index (χ2n) is 7.62. The third-order valence-electron chi connectivity index (χ3n) is 5.97. The van der Waals surface area contributed by atoms with E-state index >= 15 is 0 Å². The van der Waals surface area contributed by atoms with E-state index in [1.165, 1.54) is 27.8 Å². The van der Waals surface area contributed by atoms with Crippen LogP contribution >= 0.6 is 12.4 Å². The van der Waals surface area contributed by atoms with Gasteiger partial charge in [-0.15, -0.1) is 12.4 Å². The molecule has 0 bridgehead atoms. The van der Waals surface area contributed by atoms with Crippen molar-refractivity contribution in [2.45, 2.75) is 44.6 Å². The zero-order valence-corrected chi connectivity index (χ0v) is 16.9. The average molecular weight is 385 g/mol. The van der Waals surface area contributed by atoms with Gasteiger partial charge >= 0.3 is 0 Å². The van der Waals surface area contributed by atoms with Gasteiger partial charge in [-0.3, -0.25) is 4.79 Å². The van der Waals surface area contributed by atoms with E-state index < -0.39 is 0 Å². The Morgan fingerprint density at radius 3 is 2.59 bits per heavy atom. The fraction of sp³-hybridized carbons (Fsp3) is 0.435. The van der Waals surface area contributed by atoms with Crippen LogP contribution in [0.5, 0.6) is 0 Å². The van der Waals surface area contributed by atoms with E-state index in [1.54, 1.807) is 0 Å². The summed E-state index contributed by atoms with van der Waals surface area (Å²) in [5.74, 6) is 0.325. The number of benzene rings is 2. The van der Waals surface area contributed by atoms with Crippen molar-refractivity contribution in [2.24, 2.45) is 0 Å². The van der Waals surface area contributed by atoms with Crippen LogP contribution in [-0.2, 0) is 17.6 Å². The molecule has 1 aliphatic carbocycles. The van der Waals surface area contributed by atoms with Gasteiger partial charge in [0, 0.05) is 25.6 Å². The summed E-state index contributed by atoms with van der Waals surface area (Å²) < 4.78 is 0. The highest BCUT2D eigenvalue weighted by Crippen LogP contribution is 2.37. The second kappa shape index (κ2) is 8.90. The van der Waals surface area contributed by atoms with Crippen molar-refractivity contribution in [3.05, 3.63) is 59.2 Å². The Bertz CT molecular complexity index is 797. The number of halogens is 1. The number of hydrogen-bond acceptors (Lipinski definition) is 2. The second-order valence-corrected chi connectivity index (χ2v) is 7.62. The Hall–Kier alpha value is -1.84. The molecule has 2 aromatic carbocycles. The van der Waals surface area contributed by atoms with Crippen molar-refractivity contribution >= 4 is 18.3 Å². The summed E-state index contributed by atoms with van der Waals surface area (Å²) in [7, 11) is 2.01. The average Bonchev–Trinajstić information content (AvgIpc) is 3.06. The number of nitrogens with zero attached hydrogens (tertiary/aromatic N) is 1. The van der Waals surface area contributed by atoms with Crippen LogP contribution in [0.15, 0.2) is 42.5 Å². The fourth-order valence-corrected chi connectivity index (χ4v) is 4.35. The first-order chi connectivity index (χ1) is 12.7. The summed E-state index contributed by atoms with van der Waals surface area (Å²) in [6.07, 6.45) is 5.78. The Balaban J connectivity index is 0.00000210. The quantitative estimate of drug-likeness (QED) is 0.714. The summed E-state index contributed by atoms with van der Waals surface area (Å²) in [6, 6.07) is 16.1. The molecule has 0 unspecified atom stereocenters. The zero-order chi connectivity index (χ0) is 17.9. The van der Waals surface area contributed by atoms with E-state index in [9.17, 15) is 4.79 Å². The number of aryl methyl sites for hydroxylation is 1. The molecule has 4 heteroatoms. The number of fused-ring (bicyclic) bond motifs is 3. The van der Waals surface area contributed by atoms with Crippen molar-refractivity contribution in [3.63, 3.8) is 0 Å². The number of nitrogens with one attached hydrogen (secondary N) is 1. The molecule has 1 fully saturated rings. The summed E-state index contributed by atoms with van der Waals surface area (Å²) in [5, 5.41) is 3.32. The minimum atomic E-state index is 0. The van der Waals surface area contributed by atoms with Crippen LogP contribution in [0.25, 0.3) is 11.1 Å². The van der Waals surface area contributed by atoms with Gasteiger partial charge in [0.1, 0.15) is 0 Å². The first-order valence-electron chi connectivity index (χ1n) is 9.89. The van der Waals surface area contributed by atoms with E-state index in [2.05, 4.69) is 47.8 Å². The maximum absolute atomic E-state index is 12.4. The summed E-state index contributed by atoms with van der Waals surface area (Å²) in [6.45, 7) is 1.81. The van der Waals surface area contributed by atoms with E-state index in [1.807, 2.05) is 11.9 Å². The van der Waals surface area contributed by atoms with Crippen molar-refractivity contribution in [1.29, 1.82) is 0 Å². The van der Waals surface area contributed by atoms with Gasteiger partial charge in [-0.05, 0) is 67.0 Å². The highest BCUT2D eigenvalue weighted by atomic mass is 35.5. The van der Waals surface area contributed by atoms with Crippen LogP contribution < -0.4 is 5.32 Å². The summed E-state index contributed by atoms with van der Waals surface area (Å²) in [4.78, 5) is 14.5. The Labute approximate surface area is 168 Å². The molecule has 0 spiro atoms. The number of amides is 1. The molecular weight excluding hydrogens is 356 g/mol. The van der Waals surface area contributed by atoms with Crippen LogP contribution in [0.3, 0.4) is 0 Å². The lowest BCUT2D eigenvalue weighted by atomic mass is 9.99. The van der Waals surface area contributed by atoms with Gasteiger partial charge in [-0.25, -0.2) is 0 Å². The molecule has 0 radical (unpaired) electrons. The van der Waals surface area contributed by atoms with E-state index in [4.69, 9.17) is 0 Å². The van der Waals surface area contributed by atoms with E-state index in [0.717, 1.165) is 45.2 Å². The molecule has 4 rings (SSSR count). The number of carbonyl (C=O) groups excluding carboxylic acids is 1. The molecule has 2 aliphatic rings. The third-order valence-corrected chi connectivity index (χ3v) is 5.97. The molecule has 0 aromatic heterocycles. The number of likely N-dealkylation sites (tertiary alicyclic amines) is 1. The first kappa shape index (κ1) is 19.9. The lowest BCUT2D eigenvalue weighted by Crippen LogP contribution is -2.43. The van der Waals surface area contributed by atoms with E-state index in [0.29, 0.717) is 18.4 Å². The normalized spacial score (nSPS) is 15.8. The zero-order valence-electron chi connectivity index (χ0n) is 16.0. The van der Waals surface area contributed by atoms with Crippen molar-refractivity contribution in [2.75, 3.05) is 20.1 Å². The largest absolute Gasteiger partial charge is 0.343 e. The highest BCUT2D eigenvalue weighted by Gasteiger charge is 2.21. The van der Waals surface area contributed by atoms with Gasteiger partial charge < -0.3 is 10.2 Å². The van der Waals surface area contributed by atoms with Crippen LogP contribution in [0.2, 0.25) is 0 Å². The molecule has 1 amide bonds. The lowest BCUT2D eigenvalue weighted by Gasteiger charge is -2.31. The predicted octanol–water partition coefficient (Wildman–Crippen LogP) is 4.21. The van der Waals surface area contributed by atoms with Crippen LogP contribution in [0.4, 0.5) is 0 Å². The Kier molecular flexibility index (Phi) is 6.56. The minimum absolute atomic E-state index is 0. The third kappa shape index (κ3) is 4.36. The summed E-state index contributed by atoms with van der Waals surface area (Å²) >= 11 is 0. The van der Waals surface area contributed by atoms with Crippen LogP contribution in [0.1, 0.15) is 42.4 Å². The van der Waals surface area contributed by atoms with Crippen LogP contribution in [0, 0.1) is 0 Å². The summed E-state index contributed by atoms with van der Waals surface area (Å²) in [5.41, 5.74) is 6.98. The van der Waals surface area contributed by atoms with Gasteiger partial charge in [0.05, 0.1) is 0 Å². The molecular formula is C23H29ClN2O.